The number of carbonyl (C=O) groups is 1. The van der Waals surface area contributed by atoms with Crippen LogP contribution in [0.15, 0.2) is 34.2 Å². The van der Waals surface area contributed by atoms with Crippen LogP contribution in [0.25, 0.3) is 10.9 Å². The molecule has 1 aliphatic rings. The molecule has 2 aromatic rings. The van der Waals surface area contributed by atoms with Gasteiger partial charge >= 0.3 is 0 Å². The third-order valence-electron chi connectivity index (χ3n) is 5.49. The number of hydrogen-bond acceptors (Lipinski definition) is 5. The molecule has 0 aliphatic heterocycles. The van der Waals surface area contributed by atoms with Crippen molar-refractivity contribution < 1.29 is 9.53 Å². The van der Waals surface area contributed by atoms with E-state index in [0.29, 0.717) is 41.7 Å². The predicted octanol–water partition coefficient (Wildman–Crippen LogP) is 3.61. The molecule has 2 unspecified atom stereocenters. The quantitative estimate of drug-likeness (QED) is 0.383. The number of hydrogen-bond donors (Lipinski definition) is 1. The van der Waals surface area contributed by atoms with Gasteiger partial charge in [-0.15, -0.1) is 0 Å². The third kappa shape index (κ3) is 5.82. The lowest BCUT2D eigenvalue weighted by Crippen LogP contribution is -2.42. The van der Waals surface area contributed by atoms with E-state index in [1.165, 1.54) is 31.0 Å². The van der Waals surface area contributed by atoms with E-state index in [1.807, 2.05) is 25.1 Å². The molecular weight excluding hydrogens is 386 g/mol. The minimum absolute atomic E-state index is 0.0111. The number of fused-ring (bicyclic) bond motifs is 1. The highest BCUT2D eigenvalue weighted by Gasteiger charge is 2.23. The first kappa shape index (κ1) is 21.8. The van der Waals surface area contributed by atoms with Gasteiger partial charge in [-0.1, -0.05) is 43.7 Å². The molecule has 7 heteroatoms. The van der Waals surface area contributed by atoms with Crippen molar-refractivity contribution in [2.45, 2.75) is 63.7 Å². The summed E-state index contributed by atoms with van der Waals surface area (Å²) >= 11 is 1.34. The number of ether oxygens (including phenoxy) is 1. The lowest BCUT2D eigenvalue weighted by atomic mass is 9.86. The Morgan fingerprint density at radius 3 is 2.90 bits per heavy atom. The summed E-state index contributed by atoms with van der Waals surface area (Å²) in [4.78, 5) is 30.2. The van der Waals surface area contributed by atoms with Gasteiger partial charge < -0.3 is 10.1 Å². The Hall–Kier alpha value is -1.86. The monoisotopic (exact) mass is 417 g/mol. The lowest BCUT2D eigenvalue weighted by molar-refractivity contribution is -0.119. The Balaban J connectivity index is 1.72. The fourth-order valence-electron chi connectivity index (χ4n) is 3.83. The van der Waals surface area contributed by atoms with Crippen LogP contribution in [0, 0.1) is 5.92 Å². The van der Waals surface area contributed by atoms with Gasteiger partial charge in [0.1, 0.15) is 0 Å². The molecule has 1 amide bonds. The first-order valence-electron chi connectivity index (χ1n) is 10.6. The van der Waals surface area contributed by atoms with Gasteiger partial charge in [0.2, 0.25) is 5.91 Å². The Labute approximate surface area is 176 Å². The van der Waals surface area contributed by atoms with Crippen LogP contribution >= 0.6 is 11.8 Å². The van der Waals surface area contributed by atoms with E-state index in [-0.39, 0.29) is 23.3 Å². The molecule has 1 aromatic carbocycles. The standard InChI is InChI=1S/C22H31N3O3S/c1-3-28-14-8-13-25-21(27)17-10-5-7-12-19(17)24-22(25)29-15-20(26)23-18-11-6-4-9-16(18)2/h5,7,10,12,16,18H,3-4,6,8-9,11,13-15H2,1-2H3,(H,23,26). The van der Waals surface area contributed by atoms with Crippen molar-refractivity contribution in [1.82, 2.24) is 14.9 Å². The second-order valence-corrected chi connectivity index (χ2v) is 8.59. The molecule has 1 aromatic heterocycles. The molecule has 1 heterocycles. The Morgan fingerprint density at radius 1 is 1.31 bits per heavy atom. The summed E-state index contributed by atoms with van der Waals surface area (Å²) < 4.78 is 7.09. The van der Waals surface area contributed by atoms with Crippen molar-refractivity contribution >= 4 is 28.6 Å². The average molecular weight is 418 g/mol. The summed E-state index contributed by atoms with van der Waals surface area (Å²) in [6.45, 7) is 5.95. The van der Waals surface area contributed by atoms with Gasteiger partial charge in [0.25, 0.3) is 5.56 Å². The molecule has 1 saturated carbocycles. The highest BCUT2D eigenvalue weighted by Crippen LogP contribution is 2.24. The molecule has 3 rings (SSSR count). The van der Waals surface area contributed by atoms with Crippen LogP contribution in [0.3, 0.4) is 0 Å². The van der Waals surface area contributed by atoms with Crippen molar-refractivity contribution in [1.29, 1.82) is 0 Å². The van der Waals surface area contributed by atoms with Crippen molar-refractivity contribution in [3.8, 4) is 0 Å². The van der Waals surface area contributed by atoms with Crippen molar-refractivity contribution in [3.05, 3.63) is 34.6 Å². The summed E-state index contributed by atoms with van der Waals surface area (Å²) in [5.41, 5.74) is 0.610. The molecule has 29 heavy (non-hydrogen) atoms. The van der Waals surface area contributed by atoms with E-state index in [2.05, 4.69) is 17.2 Å². The summed E-state index contributed by atoms with van der Waals surface area (Å²) in [6, 6.07) is 7.63. The number of amides is 1. The van der Waals surface area contributed by atoms with Crippen molar-refractivity contribution in [2.75, 3.05) is 19.0 Å². The number of para-hydroxylation sites is 1. The maximum atomic E-state index is 13.0. The van der Waals surface area contributed by atoms with E-state index in [1.54, 1.807) is 10.6 Å². The highest BCUT2D eigenvalue weighted by molar-refractivity contribution is 7.99. The van der Waals surface area contributed by atoms with E-state index in [4.69, 9.17) is 4.74 Å². The Kier molecular flexibility index (Phi) is 8.12. The topological polar surface area (TPSA) is 73.2 Å². The second kappa shape index (κ2) is 10.8. The van der Waals surface area contributed by atoms with Gasteiger partial charge in [-0.2, -0.15) is 0 Å². The molecule has 1 N–H and O–H groups in total. The van der Waals surface area contributed by atoms with Crippen molar-refractivity contribution in [3.63, 3.8) is 0 Å². The van der Waals surface area contributed by atoms with E-state index >= 15 is 0 Å². The first-order valence-corrected chi connectivity index (χ1v) is 11.6. The molecule has 6 nitrogen and oxygen atoms in total. The van der Waals surface area contributed by atoms with Crippen LogP contribution < -0.4 is 10.9 Å². The maximum absolute atomic E-state index is 13.0. The van der Waals surface area contributed by atoms with Gasteiger partial charge in [-0.3, -0.25) is 14.2 Å². The second-order valence-electron chi connectivity index (χ2n) is 7.64. The van der Waals surface area contributed by atoms with E-state index in [9.17, 15) is 9.59 Å². The first-order chi connectivity index (χ1) is 14.1. The number of nitrogens with one attached hydrogen (secondary N) is 1. The Morgan fingerprint density at radius 2 is 2.10 bits per heavy atom. The number of rotatable bonds is 9. The molecule has 1 fully saturated rings. The molecule has 0 radical (unpaired) electrons. The van der Waals surface area contributed by atoms with Gasteiger partial charge in [0.15, 0.2) is 5.16 Å². The maximum Gasteiger partial charge on any atom is 0.262 e. The van der Waals surface area contributed by atoms with Gasteiger partial charge in [-0.25, -0.2) is 4.98 Å². The average Bonchev–Trinajstić information content (AvgIpc) is 2.73. The van der Waals surface area contributed by atoms with Crippen LogP contribution in [-0.2, 0) is 16.1 Å². The minimum Gasteiger partial charge on any atom is -0.382 e. The predicted molar refractivity (Wildman–Crippen MR) is 117 cm³/mol. The fourth-order valence-corrected chi connectivity index (χ4v) is 4.67. The molecule has 158 valence electrons. The normalized spacial score (nSPS) is 19.4. The van der Waals surface area contributed by atoms with Crippen LogP contribution in [-0.4, -0.2) is 40.5 Å². The van der Waals surface area contributed by atoms with Crippen LogP contribution in [0.5, 0.6) is 0 Å². The number of aromatic nitrogens is 2. The summed E-state index contributed by atoms with van der Waals surface area (Å²) in [5.74, 6) is 0.796. The minimum atomic E-state index is -0.0593. The number of benzene rings is 1. The molecule has 0 saturated heterocycles. The number of nitrogens with zero attached hydrogens (tertiary/aromatic N) is 2. The SMILES string of the molecule is CCOCCCn1c(SCC(=O)NC2CCCCC2C)nc2ccccc2c1=O. The van der Waals surface area contributed by atoms with Crippen molar-refractivity contribution in [2.24, 2.45) is 5.92 Å². The van der Waals surface area contributed by atoms with E-state index < -0.39 is 0 Å². The largest absolute Gasteiger partial charge is 0.382 e. The zero-order chi connectivity index (χ0) is 20.6. The van der Waals surface area contributed by atoms with Gasteiger partial charge in [-0.05, 0) is 44.2 Å². The van der Waals surface area contributed by atoms with Gasteiger partial charge in [0, 0.05) is 25.8 Å². The number of thioether (sulfide) groups is 1. The summed E-state index contributed by atoms with van der Waals surface area (Å²) in [7, 11) is 0. The summed E-state index contributed by atoms with van der Waals surface area (Å²) in [5, 5.41) is 4.37. The molecule has 1 aliphatic carbocycles. The fraction of sp³-hybridized carbons (Fsp3) is 0.591. The molecule has 0 spiro atoms. The zero-order valence-electron chi connectivity index (χ0n) is 17.4. The summed E-state index contributed by atoms with van der Waals surface area (Å²) in [6.07, 6.45) is 5.37. The smallest absolute Gasteiger partial charge is 0.262 e. The lowest BCUT2D eigenvalue weighted by Gasteiger charge is -2.29. The van der Waals surface area contributed by atoms with E-state index in [0.717, 1.165) is 12.8 Å². The van der Waals surface area contributed by atoms with Crippen LogP contribution in [0.2, 0.25) is 0 Å². The third-order valence-corrected chi connectivity index (χ3v) is 6.47. The van der Waals surface area contributed by atoms with Gasteiger partial charge in [0.05, 0.1) is 16.7 Å². The number of carbonyl (C=O) groups excluding carboxylic acids is 1. The molecular formula is C22H31N3O3S. The van der Waals surface area contributed by atoms with Crippen LogP contribution in [0.4, 0.5) is 0 Å². The highest BCUT2D eigenvalue weighted by atomic mass is 32.2. The van der Waals surface area contributed by atoms with Crippen LogP contribution in [0.1, 0.15) is 46.0 Å². The zero-order valence-corrected chi connectivity index (χ0v) is 18.2. The Bertz CT molecular complexity index is 883. The molecule has 2 atom stereocenters. The molecule has 0 bridgehead atoms.